The molecule has 1 aliphatic heterocycles. The van der Waals surface area contributed by atoms with E-state index in [9.17, 15) is 4.79 Å². The number of amides is 1. The predicted octanol–water partition coefficient (Wildman–Crippen LogP) is 2.95. The quantitative estimate of drug-likeness (QED) is 0.783. The molecule has 3 rings (SSSR count). The average Bonchev–Trinajstić information content (AvgIpc) is 2.71. The van der Waals surface area contributed by atoms with Gasteiger partial charge in [0, 0.05) is 25.7 Å². The van der Waals surface area contributed by atoms with Gasteiger partial charge in [0.2, 0.25) is 5.91 Å². The van der Waals surface area contributed by atoms with Crippen LogP contribution in [0.2, 0.25) is 0 Å². The normalized spacial score (nSPS) is 17.7. The van der Waals surface area contributed by atoms with E-state index in [1.165, 1.54) is 0 Å². The van der Waals surface area contributed by atoms with Crippen LogP contribution >= 0.6 is 0 Å². The van der Waals surface area contributed by atoms with Crippen molar-refractivity contribution in [1.82, 2.24) is 4.90 Å². The van der Waals surface area contributed by atoms with Crippen LogP contribution in [-0.4, -0.2) is 51.3 Å². The Balaban J connectivity index is 1.78. The van der Waals surface area contributed by atoms with E-state index in [1.54, 1.807) is 26.2 Å². The van der Waals surface area contributed by atoms with Crippen LogP contribution in [0.4, 0.5) is 5.69 Å². The van der Waals surface area contributed by atoms with Crippen molar-refractivity contribution in [2.45, 2.75) is 19.5 Å². The lowest BCUT2D eigenvalue weighted by Gasteiger charge is -2.39. The van der Waals surface area contributed by atoms with Gasteiger partial charge < -0.3 is 19.1 Å². The molecule has 1 unspecified atom stereocenters. The lowest BCUT2D eigenvalue weighted by atomic mass is 10.1. The van der Waals surface area contributed by atoms with Crippen LogP contribution in [0, 0.1) is 0 Å². The standard InChI is InChI=1S/C21H26N2O4/c1-15-21(24)23(19-13-18(26-3)8-9-20(19)27-4)11-10-22(15)14-16-6-5-7-17(12-16)25-2/h5-9,12-13,15H,10-11,14H2,1-4H3. The molecule has 0 aromatic heterocycles. The highest BCUT2D eigenvalue weighted by Gasteiger charge is 2.33. The minimum Gasteiger partial charge on any atom is -0.497 e. The highest BCUT2D eigenvalue weighted by atomic mass is 16.5. The Morgan fingerprint density at radius 3 is 2.41 bits per heavy atom. The Bertz CT molecular complexity index is 809. The Hall–Kier alpha value is -2.73. The second-order valence-electron chi connectivity index (χ2n) is 6.53. The lowest BCUT2D eigenvalue weighted by Crippen LogP contribution is -2.55. The second-order valence-corrected chi connectivity index (χ2v) is 6.53. The fraction of sp³-hybridized carbons (Fsp3) is 0.381. The monoisotopic (exact) mass is 370 g/mol. The first-order valence-corrected chi connectivity index (χ1v) is 8.97. The Morgan fingerprint density at radius 1 is 0.963 bits per heavy atom. The molecular formula is C21H26N2O4. The van der Waals surface area contributed by atoms with Crippen molar-refractivity contribution in [1.29, 1.82) is 0 Å². The Kier molecular flexibility index (Phi) is 5.86. The summed E-state index contributed by atoms with van der Waals surface area (Å²) >= 11 is 0. The number of carbonyl (C=O) groups is 1. The van der Waals surface area contributed by atoms with Crippen LogP contribution in [-0.2, 0) is 11.3 Å². The minimum absolute atomic E-state index is 0.0516. The van der Waals surface area contributed by atoms with Crippen molar-refractivity contribution in [2.75, 3.05) is 39.3 Å². The molecule has 6 nitrogen and oxygen atoms in total. The van der Waals surface area contributed by atoms with E-state index in [2.05, 4.69) is 11.0 Å². The van der Waals surface area contributed by atoms with Crippen molar-refractivity contribution in [2.24, 2.45) is 0 Å². The van der Waals surface area contributed by atoms with E-state index in [0.717, 1.165) is 23.5 Å². The van der Waals surface area contributed by atoms with E-state index in [4.69, 9.17) is 14.2 Å². The summed E-state index contributed by atoms with van der Waals surface area (Å²) < 4.78 is 16.1. The molecule has 1 atom stereocenters. The van der Waals surface area contributed by atoms with Gasteiger partial charge in [-0.05, 0) is 36.8 Å². The molecule has 0 radical (unpaired) electrons. The van der Waals surface area contributed by atoms with Crippen LogP contribution in [0.25, 0.3) is 0 Å². The van der Waals surface area contributed by atoms with Gasteiger partial charge >= 0.3 is 0 Å². The molecular weight excluding hydrogens is 344 g/mol. The number of methoxy groups -OCH3 is 3. The number of carbonyl (C=O) groups excluding carboxylic acids is 1. The van der Waals surface area contributed by atoms with E-state index in [1.807, 2.05) is 43.3 Å². The molecule has 2 aromatic carbocycles. The molecule has 0 saturated carbocycles. The van der Waals surface area contributed by atoms with Gasteiger partial charge in [-0.15, -0.1) is 0 Å². The summed E-state index contributed by atoms with van der Waals surface area (Å²) in [6, 6.07) is 13.2. The van der Waals surface area contributed by atoms with Gasteiger partial charge in [0.15, 0.2) is 0 Å². The topological polar surface area (TPSA) is 51.2 Å². The molecule has 1 amide bonds. The molecule has 0 bridgehead atoms. The van der Waals surface area contributed by atoms with Gasteiger partial charge in [-0.2, -0.15) is 0 Å². The highest BCUT2D eigenvalue weighted by molar-refractivity contribution is 5.99. The second kappa shape index (κ2) is 8.31. The Morgan fingerprint density at radius 2 is 1.70 bits per heavy atom. The molecule has 0 aliphatic carbocycles. The molecule has 0 N–H and O–H groups in total. The van der Waals surface area contributed by atoms with Gasteiger partial charge in [-0.3, -0.25) is 9.69 Å². The highest BCUT2D eigenvalue weighted by Crippen LogP contribution is 2.34. The first kappa shape index (κ1) is 19.0. The number of hydrogen-bond acceptors (Lipinski definition) is 5. The number of hydrogen-bond donors (Lipinski definition) is 0. The number of rotatable bonds is 6. The van der Waals surface area contributed by atoms with Crippen LogP contribution in [0.5, 0.6) is 17.2 Å². The van der Waals surface area contributed by atoms with Crippen LogP contribution < -0.4 is 19.1 Å². The molecule has 0 spiro atoms. The van der Waals surface area contributed by atoms with E-state index < -0.39 is 0 Å². The first-order chi connectivity index (χ1) is 13.1. The average molecular weight is 370 g/mol. The molecule has 144 valence electrons. The predicted molar refractivity (Wildman–Crippen MR) is 105 cm³/mol. The fourth-order valence-electron chi connectivity index (χ4n) is 3.38. The summed E-state index contributed by atoms with van der Waals surface area (Å²) in [5.74, 6) is 2.24. The van der Waals surface area contributed by atoms with Crippen molar-refractivity contribution in [3.8, 4) is 17.2 Å². The van der Waals surface area contributed by atoms with E-state index in [0.29, 0.717) is 24.6 Å². The summed E-state index contributed by atoms with van der Waals surface area (Å²) in [5, 5.41) is 0. The van der Waals surface area contributed by atoms with E-state index >= 15 is 0 Å². The summed E-state index contributed by atoms with van der Waals surface area (Å²) in [5.41, 5.74) is 1.87. The molecule has 6 heteroatoms. The third-order valence-corrected chi connectivity index (χ3v) is 4.98. The molecule has 2 aromatic rings. The number of benzene rings is 2. The van der Waals surface area contributed by atoms with Crippen molar-refractivity contribution >= 4 is 11.6 Å². The summed E-state index contributed by atoms with van der Waals surface area (Å²) in [4.78, 5) is 17.0. The van der Waals surface area contributed by atoms with Gasteiger partial charge in [-0.1, -0.05) is 12.1 Å². The van der Waals surface area contributed by atoms with Gasteiger partial charge in [-0.25, -0.2) is 0 Å². The van der Waals surface area contributed by atoms with Gasteiger partial charge in [0.05, 0.1) is 33.1 Å². The molecule has 1 aliphatic rings. The largest absolute Gasteiger partial charge is 0.497 e. The molecule has 1 heterocycles. The fourth-order valence-corrected chi connectivity index (χ4v) is 3.38. The number of piperazine rings is 1. The SMILES string of the molecule is COc1cccc(CN2CCN(c3cc(OC)ccc3OC)C(=O)C2C)c1. The van der Waals surface area contributed by atoms with Gasteiger partial charge in [0.1, 0.15) is 17.2 Å². The van der Waals surface area contributed by atoms with Crippen molar-refractivity contribution < 1.29 is 19.0 Å². The maximum absolute atomic E-state index is 13.1. The maximum atomic E-state index is 13.1. The lowest BCUT2D eigenvalue weighted by molar-refractivity contribution is -0.125. The first-order valence-electron chi connectivity index (χ1n) is 8.97. The molecule has 1 fully saturated rings. The number of anilines is 1. The summed E-state index contributed by atoms with van der Waals surface area (Å²) in [6.07, 6.45) is 0. The number of ether oxygens (including phenoxy) is 3. The Labute approximate surface area is 160 Å². The summed E-state index contributed by atoms with van der Waals surface area (Å²) in [7, 11) is 4.88. The van der Waals surface area contributed by atoms with E-state index in [-0.39, 0.29) is 11.9 Å². The maximum Gasteiger partial charge on any atom is 0.244 e. The zero-order valence-corrected chi connectivity index (χ0v) is 16.3. The summed E-state index contributed by atoms with van der Waals surface area (Å²) in [6.45, 7) is 4.01. The smallest absolute Gasteiger partial charge is 0.244 e. The molecule has 27 heavy (non-hydrogen) atoms. The zero-order valence-electron chi connectivity index (χ0n) is 16.3. The molecule has 1 saturated heterocycles. The number of nitrogens with zero attached hydrogens (tertiary/aromatic N) is 2. The minimum atomic E-state index is -0.235. The van der Waals surface area contributed by atoms with Crippen molar-refractivity contribution in [3.05, 3.63) is 48.0 Å². The van der Waals surface area contributed by atoms with Crippen molar-refractivity contribution in [3.63, 3.8) is 0 Å². The van der Waals surface area contributed by atoms with Crippen LogP contribution in [0.3, 0.4) is 0 Å². The zero-order chi connectivity index (χ0) is 19.4. The van der Waals surface area contributed by atoms with Crippen LogP contribution in [0.15, 0.2) is 42.5 Å². The van der Waals surface area contributed by atoms with Gasteiger partial charge in [0.25, 0.3) is 0 Å². The third-order valence-electron chi connectivity index (χ3n) is 4.98. The third kappa shape index (κ3) is 4.01. The van der Waals surface area contributed by atoms with Crippen LogP contribution in [0.1, 0.15) is 12.5 Å².